The van der Waals surface area contributed by atoms with Crippen molar-refractivity contribution in [3.63, 3.8) is 0 Å². The van der Waals surface area contributed by atoms with Crippen LogP contribution in [0.25, 0.3) is 0 Å². The fourth-order valence-electron chi connectivity index (χ4n) is 1.94. The average Bonchev–Trinajstić information content (AvgIpc) is 2.90. The summed E-state index contributed by atoms with van der Waals surface area (Å²) < 4.78 is 1.90. The molecule has 5 heteroatoms. The maximum atomic E-state index is 12.4. The van der Waals surface area contributed by atoms with E-state index in [9.17, 15) is 4.79 Å². The second-order valence-corrected chi connectivity index (χ2v) is 4.70. The summed E-state index contributed by atoms with van der Waals surface area (Å²) in [6.45, 7) is 0.762. The van der Waals surface area contributed by atoms with Gasteiger partial charge in [-0.2, -0.15) is 0 Å². The number of rotatable bonds is 3. The number of hydrogen-bond donors (Lipinski definition) is 1. The van der Waals surface area contributed by atoms with Gasteiger partial charge in [0.15, 0.2) is 0 Å². The lowest BCUT2D eigenvalue weighted by Gasteiger charge is -2.17. The zero-order chi connectivity index (χ0) is 15.2. The molecular formula is C16H18N4O. The van der Waals surface area contributed by atoms with Gasteiger partial charge in [-0.05, 0) is 18.2 Å². The van der Waals surface area contributed by atoms with Gasteiger partial charge in [0.25, 0.3) is 5.91 Å². The van der Waals surface area contributed by atoms with Crippen LogP contribution >= 0.6 is 0 Å². The highest BCUT2D eigenvalue weighted by atomic mass is 16.2. The number of aromatic nitrogens is 2. The molecule has 0 saturated heterocycles. The van der Waals surface area contributed by atoms with Gasteiger partial charge in [0.1, 0.15) is 5.82 Å². The molecule has 1 aromatic carbocycles. The Kier molecular flexibility index (Phi) is 4.75. The van der Waals surface area contributed by atoms with Crippen molar-refractivity contribution in [3.05, 3.63) is 53.6 Å². The minimum Gasteiger partial charge on any atom is -0.337 e. The lowest BCUT2D eigenvalue weighted by atomic mass is 10.1. The number of aryl methyl sites for hydroxylation is 1. The Morgan fingerprint density at radius 1 is 1.48 bits per heavy atom. The number of nitrogens with two attached hydrogens (primary N) is 1. The third-order valence-corrected chi connectivity index (χ3v) is 3.09. The van der Waals surface area contributed by atoms with Crippen molar-refractivity contribution in [1.82, 2.24) is 14.5 Å². The highest BCUT2D eigenvalue weighted by Crippen LogP contribution is 2.09. The van der Waals surface area contributed by atoms with Crippen molar-refractivity contribution in [2.75, 3.05) is 13.6 Å². The third kappa shape index (κ3) is 3.71. The van der Waals surface area contributed by atoms with Crippen LogP contribution in [0.2, 0.25) is 0 Å². The predicted molar refractivity (Wildman–Crippen MR) is 81.4 cm³/mol. The van der Waals surface area contributed by atoms with Crippen LogP contribution in [-0.4, -0.2) is 34.0 Å². The Bertz CT molecular complexity index is 694. The van der Waals surface area contributed by atoms with E-state index in [1.54, 1.807) is 30.3 Å². The predicted octanol–water partition coefficient (Wildman–Crippen LogP) is 1.00. The molecule has 0 bridgehead atoms. The summed E-state index contributed by atoms with van der Waals surface area (Å²) in [5.41, 5.74) is 6.75. The molecule has 2 N–H and O–H groups in total. The molecule has 0 unspecified atom stereocenters. The van der Waals surface area contributed by atoms with E-state index in [2.05, 4.69) is 16.8 Å². The van der Waals surface area contributed by atoms with Crippen LogP contribution in [0.4, 0.5) is 0 Å². The summed E-state index contributed by atoms with van der Waals surface area (Å²) >= 11 is 0. The molecule has 0 aliphatic carbocycles. The molecule has 0 saturated carbocycles. The largest absolute Gasteiger partial charge is 0.337 e. The van der Waals surface area contributed by atoms with Crippen LogP contribution < -0.4 is 5.73 Å². The summed E-state index contributed by atoms with van der Waals surface area (Å²) in [4.78, 5) is 18.3. The molecule has 0 aliphatic rings. The smallest absolute Gasteiger partial charge is 0.254 e. The number of amides is 1. The minimum atomic E-state index is -0.0607. The first-order chi connectivity index (χ1) is 10.1. The second-order valence-electron chi connectivity index (χ2n) is 4.70. The van der Waals surface area contributed by atoms with Crippen LogP contribution in [0.1, 0.15) is 21.7 Å². The van der Waals surface area contributed by atoms with Crippen molar-refractivity contribution < 1.29 is 4.79 Å². The van der Waals surface area contributed by atoms with Gasteiger partial charge in [-0.1, -0.05) is 17.9 Å². The minimum absolute atomic E-state index is 0.0607. The molecule has 0 radical (unpaired) electrons. The van der Waals surface area contributed by atoms with E-state index in [1.165, 1.54) is 0 Å². The fraction of sp³-hybridized carbons (Fsp3) is 0.250. The number of imidazole rings is 1. The van der Waals surface area contributed by atoms with E-state index >= 15 is 0 Å². The highest BCUT2D eigenvalue weighted by molar-refractivity contribution is 5.94. The first-order valence-corrected chi connectivity index (χ1v) is 6.62. The standard InChI is InChI=1S/C16H18N4O/c1-19-10-9-18-15(19)12-20(2)16(21)14-7-3-5-13(11-14)6-4-8-17/h3,5,7,9-11H,8,12,17H2,1-2H3. The molecule has 0 atom stereocenters. The van der Waals surface area contributed by atoms with Crippen molar-refractivity contribution >= 4 is 5.91 Å². The van der Waals surface area contributed by atoms with Gasteiger partial charge in [-0.3, -0.25) is 4.79 Å². The van der Waals surface area contributed by atoms with Crippen molar-refractivity contribution in [3.8, 4) is 11.8 Å². The van der Waals surface area contributed by atoms with E-state index in [-0.39, 0.29) is 5.91 Å². The Hall–Kier alpha value is -2.58. The van der Waals surface area contributed by atoms with Crippen molar-refractivity contribution in [1.29, 1.82) is 0 Å². The van der Waals surface area contributed by atoms with E-state index in [0.29, 0.717) is 18.7 Å². The van der Waals surface area contributed by atoms with Gasteiger partial charge >= 0.3 is 0 Å². The van der Waals surface area contributed by atoms with E-state index in [1.807, 2.05) is 29.9 Å². The molecule has 2 aromatic rings. The van der Waals surface area contributed by atoms with Crippen molar-refractivity contribution in [2.24, 2.45) is 12.8 Å². The third-order valence-electron chi connectivity index (χ3n) is 3.09. The van der Waals surface area contributed by atoms with Crippen LogP contribution in [-0.2, 0) is 13.6 Å². The van der Waals surface area contributed by atoms with Gasteiger partial charge in [0, 0.05) is 37.6 Å². The maximum Gasteiger partial charge on any atom is 0.254 e. The van der Waals surface area contributed by atoms with Crippen molar-refractivity contribution in [2.45, 2.75) is 6.54 Å². The number of nitrogens with zero attached hydrogens (tertiary/aromatic N) is 3. The molecule has 2 rings (SSSR count). The SMILES string of the molecule is CN(Cc1nccn1C)C(=O)c1cccc(C#CCN)c1. The molecule has 5 nitrogen and oxygen atoms in total. The maximum absolute atomic E-state index is 12.4. The average molecular weight is 282 g/mol. The number of carbonyl (C=O) groups is 1. The Morgan fingerprint density at radius 2 is 2.29 bits per heavy atom. The monoisotopic (exact) mass is 282 g/mol. The summed E-state index contributed by atoms with van der Waals surface area (Å²) in [7, 11) is 3.67. The fourth-order valence-corrected chi connectivity index (χ4v) is 1.94. The van der Waals surface area contributed by atoms with Gasteiger partial charge in [-0.25, -0.2) is 4.98 Å². The molecule has 0 fully saturated rings. The molecule has 108 valence electrons. The quantitative estimate of drug-likeness (QED) is 0.854. The number of carbonyl (C=O) groups excluding carboxylic acids is 1. The zero-order valence-corrected chi connectivity index (χ0v) is 12.2. The lowest BCUT2D eigenvalue weighted by Crippen LogP contribution is -2.27. The number of hydrogen-bond acceptors (Lipinski definition) is 3. The van der Waals surface area contributed by atoms with E-state index in [0.717, 1.165) is 11.4 Å². The Balaban J connectivity index is 2.14. The summed E-state index contributed by atoms with van der Waals surface area (Å²) in [5.74, 6) is 6.49. The van der Waals surface area contributed by atoms with Crippen LogP contribution in [0.3, 0.4) is 0 Å². The highest BCUT2D eigenvalue weighted by Gasteiger charge is 2.13. The zero-order valence-electron chi connectivity index (χ0n) is 12.2. The molecule has 1 amide bonds. The summed E-state index contributed by atoms with van der Waals surface area (Å²) in [6.07, 6.45) is 3.58. The number of benzene rings is 1. The Labute approximate surface area is 124 Å². The molecular weight excluding hydrogens is 264 g/mol. The topological polar surface area (TPSA) is 64.2 Å². The molecule has 21 heavy (non-hydrogen) atoms. The first-order valence-electron chi connectivity index (χ1n) is 6.62. The van der Waals surface area contributed by atoms with Gasteiger partial charge < -0.3 is 15.2 Å². The molecule has 1 aromatic heterocycles. The van der Waals surface area contributed by atoms with Crippen LogP contribution in [0.15, 0.2) is 36.7 Å². The molecule has 0 spiro atoms. The molecule has 1 heterocycles. The van der Waals surface area contributed by atoms with Crippen LogP contribution in [0, 0.1) is 11.8 Å². The van der Waals surface area contributed by atoms with E-state index in [4.69, 9.17) is 5.73 Å². The lowest BCUT2D eigenvalue weighted by molar-refractivity contribution is 0.0780. The summed E-state index contributed by atoms with van der Waals surface area (Å²) in [6, 6.07) is 7.24. The van der Waals surface area contributed by atoms with Crippen LogP contribution in [0.5, 0.6) is 0 Å². The summed E-state index contributed by atoms with van der Waals surface area (Å²) in [5, 5.41) is 0. The first kappa shape index (κ1) is 14.8. The van der Waals surface area contributed by atoms with Gasteiger partial charge in [0.2, 0.25) is 0 Å². The second kappa shape index (κ2) is 6.73. The normalized spacial score (nSPS) is 9.86. The molecule has 0 aliphatic heterocycles. The van der Waals surface area contributed by atoms with E-state index < -0.39 is 0 Å². The van der Waals surface area contributed by atoms with Gasteiger partial charge in [0.05, 0.1) is 13.1 Å². The van der Waals surface area contributed by atoms with Gasteiger partial charge in [-0.15, -0.1) is 0 Å². The Morgan fingerprint density at radius 3 is 2.95 bits per heavy atom.